The first-order valence-corrected chi connectivity index (χ1v) is 5.69. The predicted octanol–water partition coefficient (Wildman–Crippen LogP) is 2.29. The molecular formula is C13H15N3O2. The Morgan fingerprint density at radius 1 is 1.33 bits per heavy atom. The van der Waals surface area contributed by atoms with Crippen LogP contribution in [0.25, 0.3) is 11.4 Å². The number of rotatable bonds is 4. The van der Waals surface area contributed by atoms with Gasteiger partial charge < -0.3 is 15.2 Å². The second-order valence-corrected chi connectivity index (χ2v) is 3.68. The lowest BCUT2D eigenvalue weighted by molar-refractivity contribution is 0.373. The molecule has 5 nitrogen and oxygen atoms in total. The molecular weight excluding hydrogens is 230 g/mol. The molecule has 5 heteroatoms. The third-order valence-electron chi connectivity index (χ3n) is 2.45. The van der Waals surface area contributed by atoms with Crippen molar-refractivity contribution in [3.05, 3.63) is 30.5 Å². The van der Waals surface area contributed by atoms with Crippen molar-refractivity contribution in [2.45, 2.75) is 6.92 Å². The Labute approximate surface area is 105 Å². The van der Waals surface area contributed by atoms with Gasteiger partial charge in [-0.15, -0.1) is 0 Å². The zero-order valence-electron chi connectivity index (χ0n) is 10.3. The minimum Gasteiger partial charge on any atom is -0.504 e. The summed E-state index contributed by atoms with van der Waals surface area (Å²) < 4.78 is 5.06. The van der Waals surface area contributed by atoms with E-state index in [2.05, 4.69) is 15.3 Å². The molecule has 18 heavy (non-hydrogen) atoms. The first-order chi connectivity index (χ1) is 8.74. The summed E-state index contributed by atoms with van der Waals surface area (Å²) in [5.74, 6) is 1.87. The number of hydrogen-bond acceptors (Lipinski definition) is 5. The highest BCUT2D eigenvalue weighted by Gasteiger charge is 2.07. The molecule has 2 rings (SSSR count). The van der Waals surface area contributed by atoms with E-state index < -0.39 is 0 Å². The van der Waals surface area contributed by atoms with Gasteiger partial charge in [0.05, 0.1) is 7.11 Å². The number of anilines is 1. The second kappa shape index (κ2) is 5.35. The van der Waals surface area contributed by atoms with Crippen LogP contribution in [0.5, 0.6) is 11.5 Å². The third-order valence-corrected chi connectivity index (χ3v) is 2.45. The molecule has 0 aliphatic rings. The normalized spacial score (nSPS) is 10.1. The van der Waals surface area contributed by atoms with E-state index in [1.54, 1.807) is 24.4 Å². The maximum absolute atomic E-state index is 9.54. The smallest absolute Gasteiger partial charge is 0.161 e. The molecule has 0 aliphatic carbocycles. The summed E-state index contributed by atoms with van der Waals surface area (Å²) in [4.78, 5) is 8.59. The Balaban J connectivity index is 2.38. The van der Waals surface area contributed by atoms with Crippen LogP contribution in [0, 0.1) is 0 Å². The number of nitrogens with one attached hydrogen (secondary N) is 1. The molecule has 94 valence electrons. The van der Waals surface area contributed by atoms with Crippen molar-refractivity contribution in [3.8, 4) is 22.9 Å². The van der Waals surface area contributed by atoms with Crippen LogP contribution < -0.4 is 10.1 Å². The van der Waals surface area contributed by atoms with Gasteiger partial charge in [0.15, 0.2) is 17.3 Å². The molecule has 2 aromatic rings. The fourth-order valence-electron chi connectivity index (χ4n) is 1.59. The molecule has 2 N–H and O–H groups in total. The highest BCUT2D eigenvalue weighted by atomic mass is 16.5. The summed E-state index contributed by atoms with van der Waals surface area (Å²) in [5, 5.41) is 12.7. The molecule has 0 radical (unpaired) electrons. The lowest BCUT2D eigenvalue weighted by Crippen LogP contribution is -2.00. The Morgan fingerprint density at radius 2 is 2.17 bits per heavy atom. The van der Waals surface area contributed by atoms with Crippen LogP contribution in [0.4, 0.5) is 5.82 Å². The van der Waals surface area contributed by atoms with Crippen LogP contribution in [0.15, 0.2) is 30.5 Å². The van der Waals surface area contributed by atoms with Crippen molar-refractivity contribution in [2.24, 2.45) is 0 Å². The molecule has 0 bridgehead atoms. The highest BCUT2D eigenvalue weighted by Crippen LogP contribution is 2.30. The van der Waals surface area contributed by atoms with E-state index in [1.807, 2.05) is 13.0 Å². The number of methoxy groups -OCH3 is 1. The SMILES string of the molecule is CCNc1ccnc(-c2ccc(O)c(OC)c2)n1. The number of aromatic hydroxyl groups is 1. The van der Waals surface area contributed by atoms with Gasteiger partial charge in [0.2, 0.25) is 0 Å². The molecule has 0 fully saturated rings. The minimum absolute atomic E-state index is 0.101. The monoisotopic (exact) mass is 245 g/mol. The van der Waals surface area contributed by atoms with Gasteiger partial charge in [0.1, 0.15) is 5.82 Å². The van der Waals surface area contributed by atoms with E-state index in [1.165, 1.54) is 7.11 Å². The summed E-state index contributed by atoms with van der Waals surface area (Å²) in [6, 6.07) is 6.84. The van der Waals surface area contributed by atoms with Crippen molar-refractivity contribution in [3.63, 3.8) is 0 Å². The number of hydrogen-bond donors (Lipinski definition) is 2. The van der Waals surface area contributed by atoms with Crippen LogP contribution >= 0.6 is 0 Å². The molecule has 0 amide bonds. The molecule has 1 aromatic heterocycles. The summed E-state index contributed by atoms with van der Waals surface area (Å²) in [6.07, 6.45) is 1.69. The van der Waals surface area contributed by atoms with E-state index in [4.69, 9.17) is 4.74 Å². The van der Waals surface area contributed by atoms with Crippen molar-refractivity contribution in [2.75, 3.05) is 19.0 Å². The predicted molar refractivity (Wildman–Crippen MR) is 69.8 cm³/mol. The third kappa shape index (κ3) is 2.51. The van der Waals surface area contributed by atoms with Crippen molar-refractivity contribution >= 4 is 5.82 Å². The van der Waals surface area contributed by atoms with Crippen LogP contribution in [-0.2, 0) is 0 Å². The molecule has 0 aliphatic heterocycles. The molecule has 0 unspecified atom stereocenters. The summed E-state index contributed by atoms with van der Waals surface area (Å²) in [6.45, 7) is 2.81. The molecule has 0 saturated carbocycles. The van der Waals surface area contributed by atoms with Gasteiger partial charge in [0, 0.05) is 18.3 Å². The Bertz CT molecular complexity index is 544. The Kier molecular flexibility index (Phi) is 3.62. The van der Waals surface area contributed by atoms with Crippen LogP contribution in [0.3, 0.4) is 0 Å². The first-order valence-electron chi connectivity index (χ1n) is 5.69. The van der Waals surface area contributed by atoms with Crippen molar-refractivity contribution in [1.82, 2.24) is 9.97 Å². The van der Waals surface area contributed by atoms with Gasteiger partial charge in [-0.2, -0.15) is 0 Å². The molecule has 0 atom stereocenters. The van der Waals surface area contributed by atoms with E-state index in [-0.39, 0.29) is 5.75 Å². The van der Waals surface area contributed by atoms with E-state index in [0.29, 0.717) is 11.6 Å². The number of benzene rings is 1. The molecule has 0 saturated heterocycles. The van der Waals surface area contributed by atoms with Gasteiger partial charge in [-0.3, -0.25) is 0 Å². The maximum Gasteiger partial charge on any atom is 0.161 e. The van der Waals surface area contributed by atoms with E-state index in [9.17, 15) is 5.11 Å². The number of nitrogens with zero attached hydrogens (tertiary/aromatic N) is 2. The summed E-state index contributed by atoms with van der Waals surface area (Å²) >= 11 is 0. The fraction of sp³-hybridized carbons (Fsp3) is 0.231. The second-order valence-electron chi connectivity index (χ2n) is 3.68. The van der Waals surface area contributed by atoms with Crippen LogP contribution in [0.1, 0.15) is 6.92 Å². The Morgan fingerprint density at radius 3 is 2.89 bits per heavy atom. The van der Waals surface area contributed by atoms with Crippen LogP contribution in [-0.4, -0.2) is 28.7 Å². The van der Waals surface area contributed by atoms with Gasteiger partial charge in [0.25, 0.3) is 0 Å². The zero-order valence-corrected chi connectivity index (χ0v) is 10.3. The van der Waals surface area contributed by atoms with Gasteiger partial charge in [-0.25, -0.2) is 9.97 Å². The van der Waals surface area contributed by atoms with Gasteiger partial charge in [-0.05, 0) is 31.2 Å². The van der Waals surface area contributed by atoms with Gasteiger partial charge in [-0.1, -0.05) is 0 Å². The summed E-state index contributed by atoms with van der Waals surface area (Å²) in [7, 11) is 1.51. The zero-order chi connectivity index (χ0) is 13.0. The lowest BCUT2D eigenvalue weighted by atomic mass is 10.2. The fourth-order valence-corrected chi connectivity index (χ4v) is 1.59. The quantitative estimate of drug-likeness (QED) is 0.865. The van der Waals surface area contributed by atoms with E-state index >= 15 is 0 Å². The minimum atomic E-state index is 0.101. The lowest BCUT2D eigenvalue weighted by Gasteiger charge is -2.07. The number of phenols is 1. The molecule has 1 aromatic carbocycles. The number of ether oxygens (including phenoxy) is 1. The highest BCUT2D eigenvalue weighted by molar-refractivity contribution is 5.61. The molecule has 1 heterocycles. The average molecular weight is 245 g/mol. The average Bonchev–Trinajstić information content (AvgIpc) is 2.40. The van der Waals surface area contributed by atoms with Crippen LogP contribution in [0.2, 0.25) is 0 Å². The molecule has 0 spiro atoms. The largest absolute Gasteiger partial charge is 0.504 e. The van der Waals surface area contributed by atoms with Crippen molar-refractivity contribution in [1.29, 1.82) is 0 Å². The topological polar surface area (TPSA) is 67.3 Å². The van der Waals surface area contributed by atoms with Gasteiger partial charge >= 0.3 is 0 Å². The number of aromatic nitrogens is 2. The van der Waals surface area contributed by atoms with Crippen molar-refractivity contribution < 1.29 is 9.84 Å². The first kappa shape index (κ1) is 12.2. The standard InChI is InChI=1S/C13H15N3O2/c1-3-14-12-6-7-15-13(16-12)9-4-5-10(17)11(8-9)18-2/h4-8,17H,3H2,1-2H3,(H,14,15,16). The van der Waals surface area contributed by atoms with E-state index in [0.717, 1.165) is 17.9 Å². The Hall–Kier alpha value is -2.30. The maximum atomic E-state index is 9.54. The summed E-state index contributed by atoms with van der Waals surface area (Å²) in [5.41, 5.74) is 0.796. The number of phenolic OH excluding ortho intramolecular Hbond substituents is 1.